The maximum atomic E-state index is 4.03. The van der Waals surface area contributed by atoms with Gasteiger partial charge in [0.25, 0.3) is 0 Å². The monoisotopic (exact) mass is 223 g/mol. The third kappa shape index (κ3) is 3.35. The van der Waals surface area contributed by atoms with E-state index in [1.165, 1.54) is 50.5 Å². The summed E-state index contributed by atoms with van der Waals surface area (Å²) in [5, 5.41) is 3.73. The van der Waals surface area contributed by atoms with Gasteiger partial charge in [-0.15, -0.1) is 6.58 Å². The Kier molecular flexibility index (Phi) is 5.54. The first-order chi connectivity index (χ1) is 7.64. The highest BCUT2D eigenvalue weighted by Gasteiger charge is 2.38. The van der Waals surface area contributed by atoms with E-state index in [0.717, 1.165) is 6.54 Å². The van der Waals surface area contributed by atoms with E-state index in [2.05, 4.69) is 32.7 Å². The molecule has 1 aliphatic rings. The molecule has 0 saturated heterocycles. The molecule has 0 radical (unpaired) electrons. The molecular weight excluding hydrogens is 194 g/mol. The number of hydrogen-bond donors (Lipinski definition) is 1. The zero-order chi connectivity index (χ0) is 12.0. The molecule has 1 heteroatoms. The first-order valence-electron chi connectivity index (χ1n) is 7.02. The highest BCUT2D eigenvalue weighted by atomic mass is 14.9. The highest BCUT2D eigenvalue weighted by Crippen LogP contribution is 2.45. The molecule has 1 N–H and O–H groups in total. The van der Waals surface area contributed by atoms with Crippen molar-refractivity contribution in [1.82, 2.24) is 5.32 Å². The second-order valence-corrected chi connectivity index (χ2v) is 5.53. The van der Waals surface area contributed by atoms with Crippen LogP contribution in [0.5, 0.6) is 0 Å². The van der Waals surface area contributed by atoms with Crippen LogP contribution in [0.15, 0.2) is 12.2 Å². The third-order valence-electron chi connectivity index (χ3n) is 4.35. The van der Waals surface area contributed by atoms with Crippen LogP contribution < -0.4 is 5.32 Å². The lowest BCUT2D eigenvalue weighted by Gasteiger charge is -2.38. The van der Waals surface area contributed by atoms with Crippen LogP contribution in [0.25, 0.3) is 0 Å². The highest BCUT2D eigenvalue weighted by molar-refractivity contribution is 4.97. The Morgan fingerprint density at radius 1 is 1.31 bits per heavy atom. The van der Waals surface area contributed by atoms with E-state index >= 15 is 0 Å². The van der Waals surface area contributed by atoms with Gasteiger partial charge in [0.15, 0.2) is 0 Å². The quantitative estimate of drug-likeness (QED) is 0.635. The number of rotatable bonds is 7. The maximum absolute atomic E-state index is 4.03. The minimum absolute atomic E-state index is 0.589. The van der Waals surface area contributed by atoms with Gasteiger partial charge in [0.05, 0.1) is 0 Å². The van der Waals surface area contributed by atoms with Crippen LogP contribution in [0.1, 0.15) is 65.7 Å². The van der Waals surface area contributed by atoms with Gasteiger partial charge >= 0.3 is 0 Å². The topological polar surface area (TPSA) is 12.0 Å². The van der Waals surface area contributed by atoms with Crippen molar-refractivity contribution < 1.29 is 0 Å². The van der Waals surface area contributed by atoms with E-state index in [4.69, 9.17) is 0 Å². The smallest absolute Gasteiger partial charge is 0.0126 e. The maximum Gasteiger partial charge on any atom is 0.0126 e. The van der Waals surface area contributed by atoms with Crippen LogP contribution in [-0.2, 0) is 0 Å². The summed E-state index contributed by atoms with van der Waals surface area (Å²) in [6.45, 7) is 11.9. The van der Waals surface area contributed by atoms with E-state index in [9.17, 15) is 0 Å². The van der Waals surface area contributed by atoms with Gasteiger partial charge in [-0.2, -0.15) is 0 Å². The normalized spacial score (nSPS) is 20.9. The zero-order valence-electron chi connectivity index (χ0n) is 11.4. The third-order valence-corrected chi connectivity index (χ3v) is 4.35. The molecular formula is C15H29N. The van der Waals surface area contributed by atoms with Crippen molar-refractivity contribution in [2.45, 2.75) is 71.8 Å². The Morgan fingerprint density at radius 2 is 1.94 bits per heavy atom. The Labute approximate surface area is 102 Å². The molecule has 1 unspecified atom stereocenters. The Bertz CT molecular complexity index is 213. The minimum Gasteiger partial charge on any atom is -0.314 e. The molecule has 0 spiro atoms. The predicted molar refractivity (Wildman–Crippen MR) is 72.7 cm³/mol. The van der Waals surface area contributed by atoms with Crippen LogP contribution in [0.4, 0.5) is 0 Å². The number of hydrogen-bond acceptors (Lipinski definition) is 1. The van der Waals surface area contributed by atoms with E-state index < -0.39 is 0 Å². The second kappa shape index (κ2) is 6.44. The van der Waals surface area contributed by atoms with Crippen molar-refractivity contribution in [1.29, 1.82) is 0 Å². The van der Waals surface area contributed by atoms with Crippen LogP contribution in [0.2, 0.25) is 0 Å². The molecule has 0 amide bonds. The summed E-state index contributed by atoms with van der Waals surface area (Å²) in [4.78, 5) is 0. The Morgan fingerprint density at radius 3 is 2.38 bits per heavy atom. The van der Waals surface area contributed by atoms with Crippen molar-refractivity contribution in [3.05, 3.63) is 12.2 Å². The van der Waals surface area contributed by atoms with E-state index in [-0.39, 0.29) is 0 Å². The molecule has 1 rings (SSSR count). The van der Waals surface area contributed by atoms with Crippen molar-refractivity contribution in [2.24, 2.45) is 5.41 Å². The second-order valence-electron chi connectivity index (χ2n) is 5.53. The van der Waals surface area contributed by atoms with Gasteiger partial charge in [0.2, 0.25) is 0 Å². The molecule has 0 aromatic heterocycles. The molecule has 1 saturated carbocycles. The largest absolute Gasteiger partial charge is 0.314 e. The summed E-state index contributed by atoms with van der Waals surface area (Å²) in [6, 6.07) is 0.710. The van der Waals surface area contributed by atoms with Gasteiger partial charge < -0.3 is 5.32 Å². The van der Waals surface area contributed by atoms with Gasteiger partial charge in [-0.05, 0) is 51.0 Å². The average Bonchev–Trinajstić information content (AvgIpc) is 2.73. The van der Waals surface area contributed by atoms with Crippen molar-refractivity contribution in [3.63, 3.8) is 0 Å². The molecule has 0 aliphatic heterocycles. The molecule has 0 aromatic rings. The molecule has 1 nitrogen and oxygen atoms in total. The fraction of sp³-hybridized carbons (Fsp3) is 0.867. The average molecular weight is 223 g/mol. The lowest BCUT2D eigenvalue weighted by atomic mass is 9.74. The lowest BCUT2D eigenvalue weighted by molar-refractivity contribution is 0.178. The van der Waals surface area contributed by atoms with Gasteiger partial charge in [0.1, 0.15) is 0 Å². The summed E-state index contributed by atoms with van der Waals surface area (Å²) < 4.78 is 0. The fourth-order valence-corrected chi connectivity index (χ4v) is 3.29. The Hall–Kier alpha value is -0.300. The van der Waals surface area contributed by atoms with Gasteiger partial charge in [-0.3, -0.25) is 0 Å². The molecule has 0 aromatic carbocycles. The van der Waals surface area contributed by atoms with Crippen LogP contribution >= 0.6 is 0 Å². The number of allylic oxidation sites excluding steroid dienone is 1. The van der Waals surface area contributed by atoms with Crippen molar-refractivity contribution in [2.75, 3.05) is 6.54 Å². The number of nitrogens with one attached hydrogen (secondary N) is 1. The molecule has 1 fully saturated rings. The SMILES string of the molecule is C=C(C)CCC(NCC)C1(CC)CCCC1. The van der Waals surface area contributed by atoms with Gasteiger partial charge in [-0.1, -0.05) is 32.3 Å². The van der Waals surface area contributed by atoms with Gasteiger partial charge in [-0.25, -0.2) is 0 Å². The van der Waals surface area contributed by atoms with Gasteiger partial charge in [0, 0.05) is 6.04 Å². The molecule has 0 heterocycles. The summed E-state index contributed by atoms with van der Waals surface area (Å²) in [5.74, 6) is 0. The molecule has 16 heavy (non-hydrogen) atoms. The molecule has 1 atom stereocenters. The van der Waals surface area contributed by atoms with Crippen molar-refractivity contribution in [3.8, 4) is 0 Å². The van der Waals surface area contributed by atoms with Crippen LogP contribution in [-0.4, -0.2) is 12.6 Å². The van der Waals surface area contributed by atoms with Crippen LogP contribution in [0, 0.1) is 5.41 Å². The Balaban J connectivity index is 2.62. The van der Waals surface area contributed by atoms with E-state index in [1.807, 2.05) is 0 Å². The molecule has 0 bridgehead atoms. The zero-order valence-corrected chi connectivity index (χ0v) is 11.4. The summed E-state index contributed by atoms with van der Waals surface area (Å²) in [6.07, 6.45) is 9.51. The summed E-state index contributed by atoms with van der Waals surface area (Å²) >= 11 is 0. The van der Waals surface area contributed by atoms with E-state index in [0.29, 0.717) is 11.5 Å². The summed E-state index contributed by atoms with van der Waals surface area (Å²) in [5.41, 5.74) is 1.91. The first kappa shape index (κ1) is 13.8. The molecule has 94 valence electrons. The summed E-state index contributed by atoms with van der Waals surface area (Å²) in [7, 11) is 0. The van der Waals surface area contributed by atoms with Crippen molar-refractivity contribution >= 4 is 0 Å². The minimum atomic E-state index is 0.589. The molecule has 1 aliphatic carbocycles. The first-order valence-corrected chi connectivity index (χ1v) is 7.02. The standard InChI is InChI=1S/C15H29N/c1-5-15(11-7-8-12-15)14(16-6-2)10-9-13(3)4/h14,16H,3,5-12H2,1-2,4H3. The van der Waals surface area contributed by atoms with Crippen LogP contribution in [0.3, 0.4) is 0 Å². The van der Waals surface area contributed by atoms with E-state index in [1.54, 1.807) is 0 Å². The predicted octanol–water partition coefficient (Wildman–Crippen LogP) is 4.29. The lowest BCUT2D eigenvalue weighted by Crippen LogP contribution is -2.43. The fourth-order valence-electron chi connectivity index (χ4n) is 3.29.